The van der Waals surface area contributed by atoms with E-state index in [9.17, 15) is 13.2 Å². The fourth-order valence-corrected chi connectivity index (χ4v) is 6.00. The molecular weight excluding hydrogens is 440 g/mol. The number of carbonyl (C=O) groups excluding carboxylic acids is 1. The van der Waals surface area contributed by atoms with Crippen LogP contribution >= 0.6 is 0 Å². The van der Waals surface area contributed by atoms with Crippen LogP contribution in [0.4, 0.5) is 0 Å². The van der Waals surface area contributed by atoms with Crippen LogP contribution in [0.3, 0.4) is 0 Å². The van der Waals surface area contributed by atoms with Crippen LogP contribution in [0.5, 0.6) is 11.5 Å². The summed E-state index contributed by atoms with van der Waals surface area (Å²) < 4.78 is 38.4. The van der Waals surface area contributed by atoms with Gasteiger partial charge in [0, 0.05) is 30.6 Å². The molecule has 0 aromatic heterocycles. The van der Waals surface area contributed by atoms with Gasteiger partial charge in [0.2, 0.25) is 10.0 Å². The molecule has 1 N–H and O–H groups in total. The Kier molecular flexibility index (Phi) is 6.68. The summed E-state index contributed by atoms with van der Waals surface area (Å²) >= 11 is 0. The lowest BCUT2D eigenvalue weighted by molar-refractivity contribution is 0.0943. The van der Waals surface area contributed by atoms with Crippen molar-refractivity contribution < 1.29 is 22.7 Å². The van der Waals surface area contributed by atoms with Crippen molar-refractivity contribution in [3.05, 3.63) is 53.6 Å². The lowest BCUT2D eigenvalue weighted by Crippen LogP contribution is -2.39. The van der Waals surface area contributed by atoms with Gasteiger partial charge in [0.15, 0.2) is 11.5 Å². The van der Waals surface area contributed by atoms with Gasteiger partial charge in [-0.25, -0.2) is 8.42 Å². The zero-order valence-electron chi connectivity index (χ0n) is 19.5. The molecule has 7 nitrogen and oxygen atoms in total. The molecule has 1 aliphatic carbocycles. The summed E-state index contributed by atoms with van der Waals surface area (Å²) in [6, 6.07) is 12.1. The fourth-order valence-electron chi connectivity index (χ4n) is 4.59. The van der Waals surface area contributed by atoms with E-state index in [-0.39, 0.29) is 22.3 Å². The normalized spacial score (nSPS) is 17.4. The largest absolute Gasteiger partial charge is 0.486 e. The number of benzene rings is 2. The zero-order valence-corrected chi connectivity index (χ0v) is 20.3. The van der Waals surface area contributed by atoms with Crippen molar-refractivity contribution in [1.82, 2.24) is 9.62 Å². The molecule has 1 aliphatic heterocycles. The van der Waals surface area contributed by atoms with Crippen molar-refractivity contribution in [3.63, 3.8) is 0 Å². The third-order valence-corrected chi connectivity index (χ3v) is 8.83. The summed E-state index contributed by atoms with van der Waals surface area (Å²) in [5.41, 5.74) is 1.30. The quantitative estimate of drug-likeness (QED) is 0.664. The summed E-state index contributed by atoms with van der Waals surface area (Å²) in [6.45, 7) is 5.19. The first-order chi connectivity index (χ1) is 15.7. The lowest BCUT2D eigenvalue weighted by atomic mass is 9.78. The van der Waals surface area contributed by atoms with Gasteiger partial charge < -0.3 is 14.8 Å². The van der Waals surface area contributed by atoms with Gasteiger partial charge in [-0.05, 0) is 62.6 Å². The van der Waals surface area contributed by atoms with E-state index in [1.807, 2.05) is 26.0 Å². The van der Waals surface area contributed by atoms with E-state index in [1.165, 1.54) is 16.4 Å². The number of rotatable bonds is 7. The fraction of sp³-hybridized carbons (Fsp3) is 0.480. The van der Waals surface area contributed by atoms with Crippen LogP contribution in [0.15, 0.2) is 47.4 Å². The maximum absolute atomic E-state index is 13.0. The highest BCUT2D eigenvalue weighted by Gasteiger charge is 2.37. The molecule has 33 heavy (non-hydrogen) atoms. The number of carbonyl (C=O) groups is 1. The van der Waals surface area contributed by atoms with Crippen molar-refractivity contribution >= 4 is 15.9 Å². The predicted octanol–water partition coefficient (Wildman–Crippen LogP) is 3.73. The standard InChI is InChI=1S/C25H32N2O5S/c1-18(2)27(3)33(29,30)21-8-6-7-19(15-21)24(28)26-17-25(11-4-5-12-25)20-9-10-22-23(16-20)32-14-13-31-22/h6-10,15-16,18H,4-5,11-14,17H2,1-3H3,(H,26,28). The second-order valence-electron chi connectivity index (χ2n) is 9.17. The monoisotopic (exact) mass is 472 g/mol. The number of ether oxygens (including phenoxy) is 2. The van der Waals surface area contributed by atoms with Gasteiger partial charge in [0.25, 0.3) is 5.91 Å². The molecule has 178 valence electrons. The zero-order chi connectivity index (χ0) is 23.6. The predicted molar refractivity (Wildman–Crippen MR) is 126 cm³/mol. The number of nitrogens with one attached hydrogen (secondary N) is 1. The second kappa shape index (κ2) is 9.35. The first kappa shape index (κ1) is 23.6. The number of amides is 1. The molecule has 0 saturated heterocycles. The summed E-state index contributed by atoms with van der Waals surface area (Å²) in [4.78, 5) is 13.1. The van der Waals surface area contributed by atoms with Crippen molar-refractivity contribution in [3.8, 4) is 11.5 Å². The minimum absolute atomic E-state index is 0.119. The van der Waals surface area contributed by atoms with Crippen LogP contribution in [-0.2, 0) is 15.4 Å². The number of hydrogen-bond donors (Lipinski definition) is 1. The maximum Gasteiger partial charge on any atom is 0.251 e. The van der Waals surface area contributed by atoms with Gasteiger partial charge in [-0.3, -0.25) is 4.79 Å². The van der Waals surface area contributed by atoms with Gasteiger partial charge in [-0.2, -0.15) is 4.31 Å². The van der Waals surface area contributed by atoms with E-state index in [1.54, 1.807) is 19.2 Å². The first-order valence-corrected chi connectivity index (χ1v) is 12.9. The summed E-state index contributed by atoms with van der Waals surface area (Å²) in [6.07, 6.45) is 4.14. The average molecular weight is 473 g/mol. The summed E-state index contributed by atoms with van der Waals surface area (Å²) in [5.74, 6) is 1.23. The van der Waals surface area contributed by atoms with Gasteiger partial charge in [0.1, 0.15) is 13.2 Å². The summed E-state index contributed by atoms with van der Waals surface area (Å²) in [5, 5.41) is 3.07. The summed E-state index contributed by atoms with van der Waals surface area (Å²) in [7, 11) is -2.12. The van der Waals surface area contributed by atoms with Crippen LogP contribution in [0.1, 0.15) is 55.5 Å². The molecule has 0 unspecified atom stereocenters. The number of hydrogen-bond acceptors (Lipinski definition) is 5. The van der Waals surface area contributed by atoms with Crippen molar-refractivity contribution in [2.45, 2.75) is 55.9 Å². The Morgan fingerprint density at radius 2 is 1.76 bits per heavy atom. The third-order valence-electron chi connectivity index (χ3n) is 6.80. The smallest absolute Gasteiger partial charge is 0.251 e. The van der Waals surface area contributed by atoms with Gasteiger partial charge in [-0.1, -0.05) is 25.0 Å². The lowest BCUT2D eigenvalue weighted by Gasteiger charge is -2.31. The molecule has 2 aromatic rings. The third kappa shape index (κ3) is 4.73. The second-order valence-corrected chi connectivity index (χ2v) is 11.2. The molecule has 2 aromatic carbocycles. The Balaban J connectivity index is 1.53. The molecule has 0 spiro atoms. The Labute approximate surface area is 196 Å². The highest BCUT2D eigenvalue weighted by Crippen LogP contribution is 2.43. The van der Waals surface area contributed by atoms with Crippen LogP contribution < -0.4 is 14.8 Å². The van der Waals surface area contributed by atoms with E-state index in [2.05, 4.69) is 11.4 Å². The molecule has 4 rings (SSSR count). The number of fused-ring (bicyclic) bond motifs is 1. The van der Waals surface area contributed by atoms with Crippen LogP contribution in [-0.4, -0.2) is 51.5 Å². The minimum Gasteiger partial charge on any atom is -0.486 e. The number of sulfonamides is 1. The highest BCUT2D eigenvalue weighted by molar-refractivity contribution is 7.89. The van der Waals surface area contributed by atoms with E-state index < -0.39 is 10.0 Å². The SMILES string of the molecule is CC(C)N(C)S(=O)(=O)c1cccc(C(=O)NCC2(c3ccc4c(c3)OCCO4)CCCC2)c1. The van der Waals surface area contributed by atoms with Crippen LogP contribution in [0, 0.1) is 0 Å². The number of nitrogens with zero attached hydrogens (tertiary/aromatic N) is 1. The average Bonchev–Trinajstić information content (AvgIpc) is 3.32. The van der Waals surface area contributed by atoms with Crippen LogP contribution in [0.2, 0.25) is 0 Å². The minimum atomic E-state index is -3.66. The van der Waals surface area contributed by atoms with E-state index in [0.717, 1.165) is 42.7 Å². The van der Waals surface area contributed by atoms with E-state index >= 15 is 0 Å². The molecule has 8 heteroatoms. The molecule has 0 atom stereocenters. The maximum atomic E-state index is 13.0. The van der Waals surface area contributed by atoms with Crippen LogP contribution in [0.25, 0.3) is 0 Å². The van der Waals surface area contributed by atoms with Crippen molar-refractivity contribution in [2.75, 3.05) is 26.8 Å². The Morgan fingerprint density at radius 1 is 1.06 bits per heavy atom. The van der Waals surface area contributed by atoms with E-state index in [4.69, 9.17) is 9.47 Å². The molecule has 1 fully saturated rings. The van der Waals surface area contributed by atoms with Gasteiger partial charge in [-0.15, -0.1) is 0 Å². The molecule has 0 bridgehead atoms. The Bertz CT molecular complexity index is 1120. The molecule has 1 amide bonds. The Morgan fingerprint density at radius 3 is 2.45 bits per heavy atom. The van der Waals surface area contributed by atoms with Crippen molar-refractivity contribution in [1.29, 1.82) is 0 Å². The van der Waals surface area contributed by atoms with Gasteiger partial charge in [0.05, 0.1) is 4.90 Å². The topological polar surface area (TPSA) is 84.9 Å². The van der Waals surface area contributed by atoms with E-state index in [0.29, 0.717) is 25.3 Å². The molecule has 2 aliphatic rings. The molecular formula is C25H32N2O5S. The van der Waals surface area contributed by atoms with Gasteiger partial charge >= 0.3 is 0 Å². The molecule has 1 heterocycles. The highest BCUT2D eigenvalue weighted by atomic mass is 32.2. The first-order valence-electron chi connectivity index (χ1n) is 11.5. The molecule has 0 radical (unpaired) electrons. The molecule has 1 saturated carbocycles. The Hall–Kier alpha value is -2.58. The van der Waals surface area contributed by atoms with Crippen molar-refractivity contribution in [2.24, 2.45) is 0 Å².